The first-order chi connectivity index (χ1) is 9.06. The van der Waals surface area contributed by atoms with E-state index in [0.29, 0.717) is 11.5 Å². The number of carbonyl (C=O) groups is 2. The monoisotopic (exact) mass is 343 g/mol. The van der Waals surface area contributed by atoms with Crippen molar-refractivity contribution in [1.29, 1.82) is 0 Å². The Morgan fingerprint density at radius 2 is 2.11 bits per heavy atom. The summed E-state index contributed by atoms with van der Waals surface area (Å²) >= 11 is 4.78. The third kappa shape index (κ3) is 2.31. The number of hydrogen-bond acceptors (Lipinski definition) is 3. The SMILES string of the molecule is O=C(NC1C2CCC(C2)C1C(=O)O)c1csc(Br)c1. The van der Waals surface area contributed by atoms with Crippen LogP contribution in [0, 0.1) is 17.8 Å². The van der Waals surface area contributed by atoms with Gasteiger partial charge in [-0.1, -0.05) is 0 Å². The van der Waals surface area contributed by atoms with Crippen LogP contribution in [-0.4, -0.2) is 23.0 Å². The largest absolute Gasteiger partial charge is 0.481 e. The molecular formula is C13H14BrNO3S. The van der Waals surface area contributed by atoms with E-state index >= 15 is 0 Å². The van der Waals surface area contributed by atoms with Gasteiger partial charge in [-0.15, -0.1) is 11.3 Å². The van der Waals surface area contributed by atoms with Crippen molar-refractivity contribution in [3.05, 3.63) is 20.8 Å². The standard InChI is InChI=1S/C13H14BrNO3S/c14-9-4-8(5-19-9)12(16)15-11-7-2-1-6(3-7)10(11)13(17)18/h4-7,10-11H,1-3H2,(H,15,16)(H,17,18). The first kappa shape index (κ1) is 13.1. The molecule has 4 atom stereocenters. The van der Waals surface area contributed by atoms with Gasteiger partial charge in [0.25, 0.3) is 5.91 Å². The van der Waals surface area contributed by atoms with Crippen molar-refractivity contribution < 1.29 is 14.7 Å². The van der Waals surface area contributed by atoms with Crippen LogP contribution < -0.4 is 5.32 Å². The fraction of sp³-hybridized carbons (Fsp3) is 0.538. The lowest BCUT2D eigenvalue weighted by Crippen LogP contribution is -2.46. The molecule has 1 aromatic rings. The van der Waals surface area contributed by atoms with Gasteiger partial charge in [-0.2, -0.15) is 0 Å². The van der Waals surface area contributed by atoms with Crippen molar-refractivity contribution in [3.63, 3.8) is 0 Å². The van der Waals surface area contributed by atoms with Crippen molar-refractivity contribution in [3.8, 4) is 0 Å². The van der Waals surface area contributed by atoms with Gasteiger partial charge >= 0.3 is 5.97 Å². The van der Waals surface area contributed by atoms with Gasteiger partial charge in [-0.25, -0.2) is 0 Å². The third-order valence-corrected chi connectivity index (χ3v) is 5.83. The van der Waals surface area contributed by atoms with Gasteiger partial charge in [-0.3, -0.25) is 9.59 Å². The Morgan fingerprint density at radius 1 is 1.37 bits per heavy atom. The minimum atomic E-state index is -0.774. The van der Waals surface area contributed by atoms with Crippen molar-refractivity contribution in [2.45, 2.75) is 25.3 Å². The molecule has 0 aliphatic heterocycles. The number of carbonyl (C=O) groups excluding carboxylic acids is 1. The number of carboxylic acid groups (broad SMARTS) is 1. The molecular weight excluding hydrogens is 330 g/mol. The molecule has 2 bridgehead atoms. The summed E-state index contributed by atoms with van der Waals surface area (Å²) in [5, 5.41) is 14.1. The molecule has 2 N–H and O–H groups in total. The summed E-state index contributed by atoms with van der Waals surface area (Å²) in [7, 11) is 0. The van der Waals surface area contributed by atoms with Crippen molar-refractivity contribution in [1.82, 2.24) is 5.32 Å². The highest BCUT2D eigenvalue weighted by atomic mass is 79.9. The number of halogens is 1. The zero-order chi connectivity index (χ0) is 13.6. The van der Waals surface area contributed by atoms with Crippen molar-refractivity contribution >= 4 is 39.1 Å². The number of aliphatic carboxylic acids is 1. The van der Waals surface area contributed by atoms with Gasteiger partial charge in [0.05, 0.1) is 15.3 Å². The maximum absolute atomic E-state index is 12.1. The number of hydrogen-bond donors (Lipinski definition) is 2. The molecule has 1 amide bonds. The molecule has 2 aliphatic carbocycles. The van der Waals surface area contributed by atoms with E-state index in [1.807, 2.05) is 0 Å². The Labute approximate surface area is 123 Å². The normalized spacial score (nSPS) is 32.5. The van der Waals surface area contributed by atoms with E-state index in [0.717, 1.165) is 23.0 Å². The van der Waals surface area contributed by atoms with E-state index < -0.39 is 11.9 Å². The fourth-order valence-corrected chi connectivity index (χ4v) is 4.65. The summed E-state index contributed by atoms with van der Waals surface area (Å²) in [6, 6.07) is 1.56. The van der Waals surface area contributed by atoms with Crippen LogP contribution in [0.4, 0.5) is 0 Å². The van der Waals surface area contributed by atoms with Gasteiger partial charge < -0.3 is 10.4 Å². The molecule has 1 heterocycles. The second-order valence-corrected chi connectivity index (χ2v) is 7.63. The zero-order valence-electron chi connectivity index (χ0n) is 10.1. The highest BCUT2D eigenvalue weighted by molar-refractivity contribution is 9.11. The Hall–Kier alpha value is -0.880. The maximum Gasteiger partial charge on any atom is 0.308 e. The number of amides is 1. The number of thiophene rings is 1. The Morgan fingerprint density at radius 3 is 2.74 bits per heavy atom. The highest BCUT2D eigenvalue weighted by Crippen LogP contribution is 2.48. The van der Waals surface area contributed by atoms with Crippen molar-refractivity contribution in [2.75, 3.05) is 0 Å². The summed E-state index contributed by atoms with van der Waals surface area (Å²) in [6.45, 7) is 0. The van der Waals surface area contributed by atoms with E-state index in [2.05, 4.69) is 21.2 Å². The lowest BCUT2D eigenvalue weighted by Gasteiger charge is -2.28. The number of fused-ring (bicyclic) bond motifs is 2. The number of carboxylic acids is 1. The Bertz CT molecular complexity index is 530. The average molecular weight is 344 g/mol. The van der Waals surface area contributed by atoms with E-state index in [1.165, 1.54) is 11.3 Å². The zero-order valence-corrected chi connectivity index (χ0v) is 12.5. The topological polar surface area (TPSA) is 66.4 Å². The Balaban J connectivity index is 1.75. The molecule has 0 radical (unpaired) electrons. The molecule has 4 nitrogen and oxygen atoms in total. The minimum Gasteiger partial charge on any atom is -0.481 e. The Kier molecular flexibility index (Phi) is 3.39. The summed E-state index contributed by atoms with van der Waals surface area (Å²) in [6.07, 6.45) is 2.96. The van der Waals surface area contributed by atoms with Gasteiger partial charge in [-0.05, 0) is 53.1 Å². The molecule has 19 heavy (non-hydrogen) atoms. The molecule has 3 rings (SSSR count). The predicted octanol–water partition coefficient (Wildman–Crippen LogP) is 2.74. The number of nitrogens with one attached hydrogen (secondary N) is 1. The van der Waals surface area contributed by atoms with Crippen LogP contribution in [0.3, 0.4) is 0 Å². The first-order valence-electron chi connectivity index (χ1n) is 6.34. The van der Waals surface area contributed by atoms with E-state index in [-0.39, 0.29) is 17.9 Å². The van der Waals surface area contributed by atoms with Gasteiger partial charge in [0, 0.05) is 11.4 Å². The summed E-state index contributed by atoms with van der Waals surface area (Å²) in [5.41, 5.74) is 0.601. The highest BCUT2D eigenvalue weighted by Gasteiger charge is 2.51. The van der Waals surface area contributed by atoms with Crippen LogP contribution >= 0.6 is 27.3 Å². The van der Waals surface area contributed by atoms with Crippen LogP contribution in [0.1, 0.15) is 29.6 Å². The van der Waals surface area contributed by atoms with Crippen molar-refractivity contribution in [2.24, 2.45) is 17.8 Å². The molecule has 0 aromatic carbocycles. The molecule has 4 unspecified atom stereocenters. The van der Waals surface area contributed by atoms with Crippen LogP contribution in [0.5, 0.6) is 0 Å². The third-order valence-electron chi connectivity index (χ3n) is 4.33. The number of rotatable bonds is 3. The predicted molar refractivity (Wildman–Crippen MR) is 75.2 cm³/mol. The lowest BCUT2D eigenvalue weighted by atomic mass is 9.84. The lowest BCUT2D eigenvalue weighted by molar-refractivity contribution is -0.144. The first-order valence-corrected chi connectivity index (χ1v) is 8.01. The second-order valence-electron chi connectivity index (χ2n) is 5.34. The molecule has 0 saturated heterocycles. The molecule has 1 aromatic heterocycles. The van der Waals surface area contributed by atoms with E-state index in [1.54, 1.807) is 11.4 Å². The fourth-order valence-electron chi connectivity index (χ4n) is 3.52. The average Bonchev–Trinajstić information content (AvgIpc) is 3.03. The quantitative estimate of drug-likeness (QED) is 0.886. The molecule has 102 valence electrons. The molecule has 2 fully saturated rings. The van der Waals surface area contributed by atoms with Crippen LogP contribution in [0.15, 0.2) is 15.2 Å². The van der Waals surface area contributed by atoms with Gasteiger partial charge in [0.2, 0.25) is 0 Å². The summed E-state index contributed by atoms with van der Waals surface area (Å²) in [5.74, 6) is -0.779. The summed E-state index contributed by atoms with van der Waals surface area (Å²) in [4.78, 5) is 23.5. The molecule has 2 saturated carbocycles. The summed E-state index contributed by atoms with van der Waals surface area (Å²) < 4.78 is 0.903. The molecule has 2 aliphatic rings. The van der Waals surface area contributed by atoms with Crippen LogP contribution in [0.2, 0.25) is 0 Å². The van der Waals surface area contributed by atoms with Gasteiger partial charge in [0.15, 0.2) is 0 Å². The van der Waals surface area contributed by atoms with E-state index in [4.69, 9.17) is 0 Å². The van der Waals surface area contributed by atoms with Gasteiger partial charge in [0.1, 0.15) is 0 Å². The second kappa shape index (κ2) is 4.90. The van der Waals surface area contributed by atoms with Crippen LogP contribution in [-0.2, 0) is 4.79 Å². The molecule has 6 heteroatoms. The maximum atomic E-state index is 12.1. The smallest absolute Gasteiger partial charge is 0.308 e. The minimum absolute atomic E-state index is 0.161. The van der Waals surface area contributed by atoms with Crippen LogP contribution in [0.25, 0.3) is 0 Å². The van der Waals surface area contributed by atoms with E-state index in [9.17, 15) is 14.7 Å². The molecule has 0 spiro atoms.